The first-order valence-corrected chi connectivity index (χ1v) is 13.1. The maximum absolute atomic E-state index is 13.0. The van der Waals surface area contributed by atoms with Gasteiger partial charge in [0, 0.05) is 31.8 Å². The number of amides is 1. The van der Waals surface area contributed by atoms with Gasteiger partial charge in [0.1, 0.15) is 5.02 Å². The summed E-state index contributed by atoms with van der Waals surface area (Å²) in [6.07, 6.45) is 4.48. The van der Waals surface area contributed by atoms with Crippen molar-refractivity contribution in [3.05, 3.63) is 51.4 Å². The van der Waals surface area contributed by atoms with E-state index in [-0.39, 0.29) is 34.6 Å². The Morgan fingerprint density at radius 3 is 2.53 bits per heavy atom. The molecule has 0 radical (unpaired) electrons. The van der Waals surface area contributed by atoms with Crippen LogP contribution in [0.25, 0.3) is 0 Å². The first kappa shape index (κ1) is 24.6. The molecule has 0 spiro atoms. The lowest BCUT2D eigenvalue weighted by atomic mass is 10.0. The molecule has 184 valence electrons. The minimum Gasteiger partial charge on any atom is -0.382 e. The highest BCUT2D eigenvalue weighted by Crippen LogP contribution is 2.27. The van der Waals surface area contributed by atoms with Crippen LogP contribution in [0.2, 0.25) is 5.02 Å². The van der Waals surface area contributed by atoms with Gasteiger partial charge in [0.25, 0.3) is 5.56 Å². The van der Waals surface area contributed by atoms with Crippen molar-refractivity contribution in [1.29, 1.82) is 0 Å². The summed E-state index contributed by atoms with van der Waals surface area (Å²) in [4.78, 5) is 24.2. The van der Waals surface area contributed by atoms with Gasteiger partial charge < -0.3 is 15.8 Å². The number of halogens is 1. The van der Waals surface area contributed by atoms with E-state index >= 15 is 0 Å². The molecular weight excluding hydrogens is 482 g/mol. The normalized spacial score (nSPS) is 20.2. The highest BCUT2D eigenvalue weighted by Gasteiger charge is 2.31. The molecule has 0 bridgehead atoms. The van der Waals surface area contributed by atoms with Crippen LogP contribution < -0.4 is 16.6 Å². The second-order valence-corrected chi connectivity index (χ2v) is 10.9. The summed E-state index contributed by atoms with van der Waals surface area (Å²) in [7, 11) is -3.73. The number of piperidine rings is 1. The lowest BCUT2D eigenvalue weighted by Crippen LogP contribution is -2.41. The molecule has 2 aliphatic heterocycles. The second-order valence-electron chi connectivity index (χ2n) is 8.61. The third kappa shape index (κ3) is 5.27. The Morgan fingerprint density at radius 2 is 1.91 bits per heavy atom. The molecule has 2 fully saturated rings. The number of primary amides is 1. The number of anilines is 1. The number of ether oxygens (including phenoxy) is 1. The number of aromatic nitrogens is 2. The van der Waals surface area contributed by atoms with E-state index in [0.717, 1.165) is 19.4 Å². The van der Waals surface area contributed by atoms with Crippen molar-refractivity contribution in [2.75, 3.05) is 38.2 Å². The van der Waals surface area contributed by atoms with Crippen molar-refractivity contribution in [2.45, 2.75) is 36.6 Å². The highest BCUT2D eigenvalue weighted by molar-refractivity contribution is 7.89. The predicted molar refractivity (Wildman–Crippen MR) is 128 cm³/mol. The van der Waals surface area contributed by atoms with Crippen molar-refractivity contribution in [1.82, 2.24) is 14.1 Å². The largest absolute Gasteiger partial charge is 0.382 e. The molecule has 1 atom stereocenters. The van der Waals surface area contributed by atoms with Crippen LogP contribution in [0.1, 0.15) is 42.1 Å². The van der Waals surface area contributed by atoms with Crippen LogP contribution in [0.5, 0.6) is 0 Å². The number of rotatable bonds is 7. The average molecular weight is 510 g/mol. The molecule has 4 rings (SSSR count). The number of hydrogen-bond acceptors (Lipinski definition) is 7. The smallest absolute Gasteiger partial charge is 0.287 e. The summed E-state index contributed by atoms with van der Waals surface area (Å²) in [5.74, 6) is -0.254. The maximum atomic E-state index is 13.0. The molecule has 12 heteroatoms. The molecule has 10 nitrogen and oxygen atoms in total. The fraction of sp³-hybridized carbons (Fsp3) is 0.500. The zero-order valence-corrected chi connectivity index (χ0v) is 20.2. The number of carbonyl (C=O) groups is 1. The first-order valence-electron chi connectivity index (χ1n) is 11.3. The minimum absolute atomic E-state index is 0.0799. The zero-order valence-electron chi connectivity index (χ0n) is 18.7. The lowest BCUT2D eigenvalue weighted by molar-refractivity contribution is 0.0595. The van der Waals surface area contributed by atoms with E-state index in [1.165, 1.54) is 33.3 Å². The van der Waals surface area contributed by atoms with Gasteiger partial charge in [0.2, 0.25) is 15.9 Å². The summed E-state index contributed by atoms with van der Waals surface area (Å²) >= 11 is 6.35. The number of hydrogen-bond donors (Lipinski definition) is 2. The summed E-state index contributed by atoms with van der Waals surface area (Å²) in [5.41, 5.74) is 5.56. The van der Waals surface area contributed by atoms with E-state index in [4.69, 9.17) is 22.1 Å². The zero-order chi connectivity index (χ0) is 24.3. The van der Waals surface area contributed by atoms with E-state index in [0.29, 0.717) is 37.6 Å². The van der Waals surface area contributed by atoms with Crippen LogP contribution in [0.15, 0.2) is 40.2 Å². The molecule has 3 N–H and O–H groups in total. The Labute approximate surface area is 203 Å². The molecule has 3 heterocycles. The molecule has 1 amide bonds. The lowest BCUT2D eigenvalue weighted by Gasteiger charge is -2.31. The molecule has 2 aromatic rings. The fourth-order valence-electron chi connectivity index (χ4n) is 4.32. The molecule has 0 aliphatic carbocycles. The van der Waals surface area contributed by atoms with Gasteiger partial charge in [-0.05, 0) is 55.9 Å². The SMILES string of the molecule is NC(=O)c1ccc(S(=O)(=O)N2CCC(n3ncc(NC[C@@H]4CCCOC4)c(Cl)c3=O)CC2)cc1. The Hall–Kier alpha value is -2.47. The van der Waals surface area contributed by atoms with Gasteiger partial charge in [-0.25, -0.2) is 13.1 Å². The highest BCUT2D eigenvalue weighted by atomic mass is 35.5. The van der Waals surface area contributed by atoms with Crippen molar-refractivity contribution >= 4 is 33.2 Å². The molecule has 34 heavy (non-hydrogen) atoms. The van der Waals surface area contributed by atoms with Crippen molar-refractivity contribution in [3.8, 4) is 0 Å². The van der Waals surface area contributed by atoms with Gasteiger partial charge in [-0.2, -0.15) is 9.40 Å². The monoisotopic (exact) mass is 509 g/mol. The first-order chi connectivity index (χ1) is 16.3. The molecule has 2 saturated heterocycles. The number of carbonyl (C=O) groups excluding carboxylic acids is 1. The van der Waals surface area contributed by atoms with Crippen molar-refractivity contribution in [3.63, 3.8) is 0 Å². The summed E-state index contributed by atoms with van der Waals surface area (Å²) in [6.45, 7) is 2.60. The van der Waals surface area contributed by atoms with Gasteiger partial charge in [0.05, 0.1) is 29.4 Å². The van der Waals surface area contributed by atoms with E-state index < -0.39 is 21.5 Å². The average Bonchev–Trinajstić information content (AvgIpc) is 2.86. The number of nitrogens with zero attached hydrogens (tertiary/aromatic N) is 3. The number of nitrogens with one attached hydrogen (secondary N) is 1. The van der Waals surface area contributed by atoms with Gasteiger partial charge in [-0.3, -0.25) is 9.59 Å². The van der Waals surface area contributed by atoms with E-state index in [1.54, 1.807) is 6.20 Å². The predicted octanol–water partition coefficient (Wildman–Crippen LogP) is 1.86. The van der Waals surface area contributed by atoms with Gasteiger partial charge in [-0.1, -0.05) is 11.6 Å². The standard InChI is InChI=1S/C22H28ClN5O5S/c23-20-19(25-12-15-2-1-11-33-14-15)13-26-28(22(20)30)17-7-9-27(10-8-17)34(31,32)18-5-3-16(4-6-18)21(24)29/h3-6,13,15,17,25H,1-2,7-12,14H2,(H2,24,29)/t15-/m0/s1. The topological polar surface area (TPSA) is 137 Å². The van der Waals surface area contributed by atoms with Crippen molar-refractivity contribution < 1.29 is 17.9 Å². The van der Waals surface area contributed by atoms with Crippen LogP contribution in [0.3, 0.4) is 0 Å². The molecule has 0 unspecified atom stereocenters. The van der Waals surface area contributed by atoms with Crippen LogP contribution in [0, 0.1) is 5.92 Å². The van der Waals surface area contributed by atoms with Crippen LogP contribution >= 0.6 is 11.6 Å². The fourth-order valence-corrected chi connectivity index (χ4v) is 5.99. The number of nitrogens with two attached hydrogens (primary N) is 1. The maximum Gasteiger partial charge on any atom is 0.287 e. The minimum atomic E-state index is -3.73. The summed E-state index contributed by atoms with van der Waals surface area (Å²) in [5, 5.41) is 7.60. The molecular formula is C22H28ClN5O5S. The van der Waals surface area contributed by atoms with Crippen molar-refractivity contribution in [2.24, 2.45) is 11.7 Å². The third-order valence-electron chi connectivity index (χ3n) is 6.33. The number of sulfonamides is 1. The molecule has 0 saturated carbocycles. The summed E-state index contributed by atoms with van der Waals surface area (Å²) < 4.78 is 34.1. The van der Waals surface area contributed by atoms with Crippen LogP contribution in [-0.2, 0) is 14.8 Å². The van der Waals surface area contributed by atoms with E-state index in [2.05, 4.69) is 10.4 Å². The summed E-state index contributed by atoms with van der Waals surface area (Å²) in [6, 6.07) is 5.28. The quantitative estimate of drug-likeness (QED) is 0.581. The second kappa shape index (κ2) is 10.4. The van der Waals surface area contributed by atoms with Gasteiger partial charge >= 0.3 is 0 Å². The van der Waals surface area contributed by atoms with Gasteiger partial charge in [-0.15, -0.1) is 0 Å². The van der Waals surface area contributed by atoms with Crippen LogP contribution in [-0.4, -0.2) is 61.3 Å². The van der Waals surface area contributed by atoms with E-state index in [1.807, 2.05) is 0 Å². The molecule has 2 aliphatic rings. The number of benzene rings is 1. The molecule has 1 aromatic carbocycles. The Balaban J connectivity index is 1.40. The van der Waals surface area contributed by atoms with Gasteiger partial charge in [0.15, 0.2) is 0 Å². The third-order valence-corrected chi connectivity index (χ3v) is 8.60. The Bertz CT molecular complexity index is 1190. The molecule has 1 aromatic heterocycles. The Kier molecular flexibility index (Phi) is 7.56. The Morgan fingerprint density at radius 1 is 1.21 bits per heavy atom. The van der Waals surface area contributed by atoms with Crippen LogP contribution in [0.4, 0.5) is 5.69 Å². The van der Waals surface area contributed by atoms with E-state index in [9.17, 15) is 18.0 Å².